The summed E-state index contributed by atoms with van der Waals surface area (Å²) in [6.07, 6.45) is 11.0. The van der Waals surface area contributed by atoms with E-state index in [1.807, 2.05) is 51.3 Å². The third-order valence-electron chi connectivity index (χ3n) is 5.97. The van der Waals surface area contributed by atoms with Gasteiger partial charge >= 0.3 is 0 Å². The first-order valence-electron chi connectivity index (χ1n) is 13.3. The van der Waals surface area contributed by atoms with Crippen LogP contribution in [-0.2, 0) is 6.61 Å². The molecule has 1 aliphatic heterocycles. The summed E-state index contributed by atoms with van der Waals surface area (Å²) in [6.45, 7) is 14.9. The Bertz CT molecular complexity index is 838. The van der Waals surface area contributed by atoms with E-state index in [2.05, 4.69) is 30.7 Å². The molecule has 0 amide bonds. The Morgan fingerprint density at radius 2 is 1.71 bits per heavy atom. The number of piperidine rings is 1. The van der Waals surface area contributed by atoms with Crippen molar-refractivity contribution in [2.45, 2.75) is 93.1 Å². The Balaban J connectivity index is 0.000000493. The number of aromatic nitrogens is 2. The van der Waals surface area contributed by atoms with E-state index in [1.165, 1.54) is 44.9 Å². The molecule has 1 aromatic heterocycles. The van der Waals surface area contributed by atoms with Gasteiger partial charge in [0, 0.05) is 37.5 Å². The highest BCUT2D eigenvalue weighted by Crippen LogP contribution is 2.27. The molecule has 3 rings (SSSR count). The van der Waals surface area contributed by atoms with Crippen LogP contribution in [0.4, 0.5) is 5.95 Å². The molecular weight excluding hydrogens is 420 g/mol. The van der Waals surface area contributed by atoms with Crippen molar-refractivity contribution in [3.8, 4) is 11.3 Å². The minimum Gasteiger partial charge on any atom is -0.392 e. The number of hydrogen-bond donors (Lipinski definition) is 1. The van der Waals surface area contributed by atoms with E-state index in [1.54, 1.807) is 7.05 Å². The molecule has 5 heteroatoms. The van der Waals surface area contributed by atoms with Crippen molar-refractivity contribution >= 4 is 12.2 Å². The third-order valence-corrected chi connectivity index (χ3v) is 5.97. The van der Waals surface area contributed by atoms with Gasteiger partial charge in [-0.1, -0.05) is 78.5 Å². The van der Waals surface area contributed by atoms with Gasteiger partial charge in [-0.3, -0.25) is 4.99 Å². The minimum absolute atomic E-state index is 0.0219. The Labute approximate surface area is 208 Å². The van der Waals surface area contributed by atoms with E-state index >= 15 is 0 Å². The van der Waals surface area contributed by atoms with Gasteiger partial charge in [0.05, 0.1) is 18.0 Å². The summed E-state index contributed by atoms with van der Waals surface area (Å²) in [6, 6.07) is 7.87. The lowest BCUT2D eigenvalue weighted by atomic mass is 10.0. The molecule has 0 spiro atoms. The summed E-state index contributed by atoms with van der Waals surface area (Å²) in [5.74, 6) is 1.76. The summed E-state index contributed by atoms with van der Waals surface area (Å²) in [7, 11) is 1.76. The van der Waals surface area contributed by atoms with Crippen molar-refractivity contribution in [1.29, 1.82) is 0 Å². The standard InChI is InChI=1S/C19H24N4O.C8H18.C2H6/c1-14-17(12-20-2)18(16-8-6-7-15(11-16)13-24)22-19(21-14)23-9-4-3-5-10-23;1-4-6-8(3)7-5-2;1-2/h6-8,11-12,24H,3-5,9-10,13H2,1-2H3;8H,4-7H2,1-3H3;1-2H3. The minimum atomic E-state index is 0.0219. The van der Waals surface area contributed by atoms with Gasteiger partial charge in [0.2, 0.25) is 5.95 Å². The van der Waals surface area contributed by atoms with Crippen LogP contribution in [-0.4, -0.2) is 41.4 Å². The Hall–Kier alpha value is -2.27. The molecule has 2 heterocycles. The zero-order valence-corrected chi connectivity index (χ0v) is 22.8. The van der Waals surface area contributed by atoms with E-state index in [9.17, 15) is 5.11 Å². The SMILES string of the molecule is CC.CCCC(C)CCC.CN=Cc1c(C)nc(N2CCCCC2)nc1-c1cccc(CO)c1. The Morgan fingerprint density at radius 3 is 2.26 bits per heavy atom. The topological polar surface area (TPSA) is 61.6 Å². The predicted octanol–water partition coefficient (Wildman–Crippen LogP) is 7.23. The highest BCUT2D eigenvalue weighted by molar-refractivity contribution is 5.90. The normalized spacial score (nSPS) is 13.4. The van der Waals surface area contributed by atoms with E-state index in [-0.39, 0.29) is 6.61 Å². The summed E-state index contributed by atoms with van der Waals surface area (Å²) in [5.41, 5.74) is 4.61. The summed E-state index contributed by atoms with van der Waals surface area (Å²) >= 11 is 0. The zero-order chi connectivity index (χ0) is 25.3. The molecule has 2 aromatic rings. The number of aliphatic hydroxyl groups is 1. The highest BCUT2D eigenvalue weighted by atomic mass is 16.3. The maximum atomic E-state index is 9.43. The van der Waals surface area contributed by atoms with Gasteiger partial charge < -0.3 is 10.0 Å². The van der Waals surface area contributed by atoms with Crippen LogP contribution in [0.2, 0.25) is 0 Å². The largest absolute Gasteiger partial charge is 0.392 e. The maximum absolute atomic E-state index is 9.43. The fourth-order valence-electron chi connectivity index (χ4n) is 4.25. The average Bonchev–Trinajstić information content (AvgIpc) is 2.87. The molecule has 1 saturated heterocycles. The fourth-order valence-corrected chi connectivity index (χ4v) is 4.25. The molecule has 5 nitrogen and oxygen atoms in total. The lowest BCUT2D eigenvalue weighted by molar-refractivity contribution is 0.282. The Morgan fingerprint density at radius 1 is 1.06 bits per heavy atom. The maximum Gasteiger partial charge on any atom is 0.226 e. The van der Waals surface area contributed by atoms with Crippen LogP contribution in [0.3, 0.4) is 0 Å². The zero-order valence-electron chi connectivity index (χ0n) is 22.8. The molecule has 1 aliphatic rings. The molecule has 0 radical (unpaired) electrons. The van der Waals surface area contributed by atoms with Crippen LogP contribution in [0.15, 0.2) is 29.3 Å². The molecule has 1 aromatic carbocycles. The van der Waals surface area contributed by atoms with Crippen LogP contribution < -0.4 is 4.90 Å². The van der Waals surface area contributed by atoms with Gasteiger partial charge in [0.1, 0.15) is 0 Å². The lowest BCUT2D eigenvalue weighted by Crippen LogP contribution is -2.31. The van der Waals surface area contributed by atoms with Crippen molar-refractivity contribution in [3.05, 3.63) is 41.1 Å². The molecule has 0 bridgehead atoms. The summed E-state index contributed by atoms with van der Waals surface area (Å²) in [5, 5.41) is 9.43. The fraction of sp³-hybridized carbons (Fsp3) is 0.621. The Kier molecular flexibility index (Phi) is 15.1. The molecular formula is C29H48N4O. The first-order chi connectivity index (χ1) is 16.5. The number of nitrogens with zero attached hydrogens (tertiary/aromatic N) is 4. The molecule has 0 atom stereocenters. The first-order valence-corrected chi connectivity index (χ1v) is 13.3. The number of aryl methyl sites for hydroxylation is 1. The lowest BCUT2D eigenvalue weighted by Gasteiger charge is -2.27. The van der Waals surface area contributed by atoms with E-state index in [0.717, 1.165) is 53.0 Å². The molecule has 0 saturated carbocycles. The first kappa shape index (κ1) is 29.8. The van der Waals surface area contributed by atoms with Crippen molar-refractivity contribution in [2.75, 3.05) is 25.0 Å². The number of benzene rings is 1. The molecule has 0 unspecified atom stereocenters. The predicted molar refractivity (Wildman–Crippen MR) is 148 cm³/mol. The summed E-state index contributed by atoms with van der Waals surface area (Å²) < 4.78 is 0. The van der Waals surface area contributed by atoms with Crippen molar-refractivity contribution in [3.63, 3.8) is 0 Å². The average molecular weight is 469 g/mol. The van der Waals surface area contributed by atoms with Crippen LogP contribution in [0.25, 0.3) is 11.3 Å². The third kappa shape index (κ3) is 9.54. The second kappa shape index (κ2) is 17.2. The second-order valence-corrected chi connectivity index (χ2v) is 8.85. The molecule has 1 fully saturated rings. The number of hydrogen-bond acceptors (Lipinski definition) is 5. The van der Waals surface area contributed by atoms with Crippen LogP contribution >= 0.6 is 0 Å². The van der Waals surface area contributed by atoms with Crippen LogP contribution in [0.5, 0.6) is 0 Å². The molecule has 34 heavy (non-hydrogen) atoms. The van der Waals surface area contributed by atoms with Gasteiger partial charge in [0.25, 0.3) is 0 Å². The van der Waals surface area contributed by atoms with Crippen molar-refractivity contribution < 1.29 is 5.11 Å². The van der Waals surface area contributed by atoms with Crippen LogP contribution in [0.1, 0.15) is 96.4 Å². The van der Waals surface area contributed by atoms with Crippen molar-refractivity contribution in [2.24, 2.45) is 10.9 Å². The van der Waals surface area contributed by atoms with Gasteiger partial charge in [-0.15, -0.1) is 0 Å². The van der Waals surface area contributed by atoms with E-state index < -0.39 is 0 Å². The van der Waals surface area contributed by atoms with Gasteiger partial charge in [-0.05, 0) is 43.7 Å². The van der Waals surface area contributed by atoms with E-state index in [0.29, 0.717) is 0 Å². The van der Waals surface area contributed by atoms with Crippen molar-refractivity contribution in [1.82, 2.24) is 9.97 Å². The highest BCUT2D eigenvalue weighted by Gasteiger charge is 2.18. The quantitative estimate of drug-likeness (QED) is 0.415. The smallest absolute Gasteiger partial charge is 0.226 e. The number of rotatable bonds is 8. The number of aliphatic imine (C=N–C) groups is 1. The molecule has 1 N–H and O–H groups in total. The van der Waals surface area contributed by atoms with Gasteiger partial charge in [0.15, 0.2) is 0 Å². The van der Waals surface area contributed by atoms with Crippen LogP contribution in [0, 0.1) is 12.8 Å². The van der Waals surface area contributed by atoms with Gasteiger partial charge in [-0.25, -0.2) is 9.97 Å². The monoisotopic (exact) mass is 468 g/mol. The van der Waals surface area contributed by atoms with E-state index in [4.69, 9.17) is 9.97 Å². The second-order valence-electron chi connectivity index (χ2n) is 8.85. The number of aliphatic hydroxyl groups excluding tert-OH is 1. The number of anilines is 1. The molecule has 0 aliphatic carbocycles. The molecule has 190 valence electrons. The summed E-state index contributed by atoms with van der Waals surface area (Å²) in [4.78, 5) is 16.0. The van der Waals surface area contributed by atoms with Gasteiger partial charge in [-0.2, -0.15) is 0 Å².